The summed E-state index contributed by atoms with van der Waals surface area (Å²) in [5.74, 6) is -0.482. The minimum atomic E-state index is -1.13. The Morgan fingerprint density at radius 1 is 1.46 bits per heavy atom. The van der Waals surface area contributed by atoms with E-state index < -0.39 is 11.6 Å². The molecule has 0 spiro atoms. The van der Waals surface area contributed by atoms with Gasteiger partial charge in [-0.05, 0) is 19.8 Å². The molecule has 0 aliphatic rings. The molecule has 0 saturated heterocycles. The summed E-state index contributed by atoms with van der Waals surface area (Å²) in [5, 5.41) is 0. The minimum Gasteiger partial charge on any atom is -0.463 e. The fraction of sp³-hybridized carbons (Fsp3) is 0.778. The molecule has 4 heteroatoms. The van der Waals surface area contributed by atoms with Gasteiger partial charge in [0.15, 0.2) is 0 Å². The Labute approximate surface area is 78.2 Å². The van der Waals surface area contributed by atoms with Gasteiger partial charge in [-0.1, -0.05) is 13.8 Å². The van der Waals surface area contributed by atoms with E-state index in [0.29, 0.717) is 13.0 Å². The lowest BCUT2D eigenvalue weighted by molar-refractivity contribution is -0.174. The molecule has 0 aliphatic heterocycles. The molecule has 0 fully saturated rings. The first-order chi connectivity index (χ1) is 6.10. The van der Waals surface area contributed by atoms with Crippen LogP contribution in [-0.2, 0) is 19.1 Å². The van der Waals surface area contributed by atoms with E-state index in [1.807, 2.05) is 6.92 Å². The molecule has 0 amide bonds. The van der Waals surface area contributed by atoms with Gasteiger partial charge in [0.2, 0.25) is 5.60 Å². The van der Waals surface area contributed by atoms with E-state index in [-0.39, 0.29) is 6.47 Å². The van der Waals surface area contributed by atoms with E-state index in [1.54, 1.807) is 13.8 Å². The fourth-order valence-electron chi connectivity index (χ4n) is 0.729. The van der Waals surface area contributed by atoms with Crippen LogP contribution in [0.2, 0.25) is 0 Å². The first kappa shape index (κ1) is 11.9. The highest BCUT2D eigenvalue weighted by atomic mass is 16.6. The average Bonchev–Trinajstić information content (AvgIpc) is 2.14. The zero-order valence-corrected chi connectivity index (χ0v) is 8.33. The summed E-state index contributed by atoms with van der Waals surface area (Å²) in [6.07, 6.45) is 1.17. The second-order valence-corrected chi connectivity index (χ2v) is 2.93. The van der Waals surface area contributed by atoms with Crippen LogP contribution < -0.4 is 0 Å². The molecule has 0 aromatic heterocycles. The maximum Gasteiger partial charge on any atom is 0.350 e. The molecule has 76 valence electrons. The Kier molecular flexibility index (Phi) is 5.11. The number of ether oxygens (including phenoxy) is 2. The van der Waals surface area contributed by atoms with Gasteiger partial charge >= 0.3 is 5.97 Å². The van der Waals surface area contributed by atoms with Gasteiger partial charge in [0.25, 0.3) is 6.47 Å². The molecule has 4 nitrogen and oxygen atoms in total. The summed E-state index contributed by atoms with van der Waals surface area (Å²) in [7, 11) is 0. The van der Waals surface area contributed by atoms with Gasteiger partial charge in [0.05, 0.1) is 6.61 Å². The molecule has 0 bridgehead atoms. The molecule has 0 heterocycles. The number of hydrogen-bond acceptors (Lipinski definition) is 4. The molecular formula is C9H16O4. The van der Waals surface area contributed by atoms with E-state index in [9.17, 15) is 9.59 Å². The summed E-state index contributed by atoms with van der Waals surface area (Å²) >= 11 is 0. The highest BCUT2D eigenvalue weighted by Crippen LogP contribution is 2.16. The summed E-state index contributed by atoms with van der Waals surface area (Å²) in [6.45, 7) is 5.83. The summed E-state index contributed by atoms with van der Waals surface area (Å²) in [4.78, 5) is 21.5. The van der Waals surface area contributed by atoms with Crippen LogP contribution in [0.15, 0.2) is 0 Å². The van der Waals surface area contributed by atoms with E-state index in [4.69, 9.17) is 4.74 Å². The van der Waals surface area contributed by atoms with Gasteiger partial charge in [-0.25, -0.2) is 4.79 Å². The number of esters is 1. The first-order valence-electron chi connectivity index (χ1n) is 4.39. The summed E-state index contributed by atoms with van der Waals surface area (Å²) < 4.78 is 9.56. The quantitative estimate of drug-likeness (QED) is 0.465. The van der Waals surface area contributed by atoms with Crippen molar-refractivity contribution in [3.05, 3.63) is 0 Å². The lowest BCUT2D eigenvalue weighted by atomic mass is 10.0. The van der Waals surface area contributed by atoms with Gasteiger partial charge in [-0.3, -0.25) is 4.79 Å². The van der Waals surface area contributed by atoms with Crippen LogP contribution in [0.25, 0.3) is 0 Å². The number of rotatable bonds is 6. The van der Waals surface area contributed by atoms with Crippen molar-refractivity contribution in [2.45, 2.75) is 39.2 Å². The maximum atomic E-state index is 11.3. The highest BCUT2D eigenvalue weighted by Gasteiger charge is 2.34. The van der Waals surface area contributed by atoms with Crippen LogP contribution in [0.3, 0.4) is 0 Å². The highest BCUT2D eigenvalue weighted by molar-refractivity contribution is 5.80. The van der Waals surface area contributed by atoms with Crippen LogP contribution in [0, 0.1) is 0 Å². The van der Waals surface area contributed by atoms with Crippen molar-refractivity contribution in [3.8, 4) is 0 Å². The largest absolute Gasteiger partial charge is 0.463 e. The zero-order valence-electron chi connectivity index (χ0n) is 8.33. The topological polar surface area (TPSA) is 52.6 Å². The third-order valence-corrected chi connectivity index (χ3v) is 1.85. The summed E-state index contributed by atoms with van der Waals surface area (Å²) in [6, 6.07) is 0. The zero-order chi connectivity index (χ0) is 10.3. The van der Waals surface area contributed by atoms with E-state index in [1.165, 1.54) is 0 Å². The molecule has 0 saturated carbocycles. The SMILES string of the molecule is CCCOC(=O)C(C)(CC)OC=O. The molecule has 0 aromatic rings. The Hall–Kier alpha value is -1.06. The Morgan fingerprint density at radius 2 is 2.08 bits per heavy atom. The second-order valence-electron chi connectivity index (χ2n) is 2.93. The van der Waals surface area contributed by atoms with Crippen molar-refractivity contribution in [1.82, 2.24) is 0 Å². The predicted octanol–water partition coefficient (Wildman–Crippen LogP) is 1.28. The normalized spacial score (nSPS) is 14.4. The van der Waals surface area contributed by atoms with Gasteiger partial charge in [-0.2, -0.15) is 0 Å². The van der Waals surface area contributed by atoms with Crippen LogP contribution in [-0.4, -0.2) is 24.6 Å². The van der Waals surface area contributed by atoms with Crippen LogP contribution >= 0.6 is 0 Å². The molecule has 0 aliphatic carbocycles. The average molecular weight is 188 g/mol. The molecule has 0 radical (unpaired) electrons. The Bertz CT molecular complexity index is 178. The monoisotopic (exact) mass is 188 g/mol. The smallest absolute Gasteiger partial charge is 0.350 e. The fourth-order valence-corrected chi connectivity index (χ4v) is 0.729. The third kappa shape index (κ3) is 3.44. The Balaban J connectivity index is 4.19. The minimum absolute atomic E-state index is 0.275. The number of carbonyl (C=O) groups excluding carboxylic acids is 2. The van der Waals surface area contributed by atoms with Gasteiger partial charge in [-0.15, -0.1) is 0 Å². The van der Waals surface area contributed by atoms with Crippen molar-refractivity contribution < 1.29 is 19.1 Å². The van der Waals surface area contributed by atoms with Crippen LogP contribution in [0.1, 0.15) is 33.6 Å². The molecule has 13 heavy (non-hydrogen) atoms. The maximum absolute atomic E-state index is 11.3. The van der Waals surface area contributed by atoms with E-state index >= 15 is 0 Å². The first-order valence-corrected chi connectivity index (χ1v) is 4.39. The lowest BCUT2D eigenvalue weighted by Gasteiger charge is -2.23. The summed E-state index contributed by atoms with van der Waals surface area (Å²) in [5.41, 5.74) is -1.13. The molecule has 1 unspecified atom stereocenters. The Morgan fingerprint density at radius 3 is 2.46 bits per heavy atom. The molecular weight excluding hydrogens is 172 g/mol. The molecule has 0 N–H and O–H groups in total. The van der Waals surface area contributed by atoms with E-state index in [2.05, 4.69) is 4.74 Å². The second kappa shape index (κ2) is 5.56. The van der Waals surface area contributed by atoms with Crippen molar-refractivity contribution in [2.75, 3.05) is 6.61 Å². The lowest BCUT2D eigenvalue weighted by Crippen LogP contribution is -2.39. The van der Waals surface area contributed by atoms with Crippen LogP contribution in [0.5, 0.6) is 0 Å². The van der Waals surface area contributed by atoms with Crippen molar-refractivity contribution in [2.24, 2.45) is 0 Å². The van der Waals surface area contributed by atoms with E-state index in [0.717, 1.165) is 6.42 Å². The predicted molar refractivity (Wildman–Crippen MR) is 47.1 cm³/mol. The molecule has 1 atom stereocenters. The number of carbonyl (C=O) groups is 2. The number of hydrogen-bond donors (Lipinski definition) is 0. The van der Waals surface area contributed by atoms with Gasteiger partial charge in [0.1, 0.15) is 0 Å². The van der Waals surface area contributed by atoms with Crippen molar-refractivity contribution in [1.29, 1.82) is 0 Å². The third-order valence-electron chi connectivity index (χ3n) is 1.85. The van der Waals surface area contributed by atoms with Crippen molar-refractivity contribution >= 4 is 12.4 Å². The van der Waals surface area contributed by atoms with Crippen LogP contribution in [0.4, 0.5) is 0 Å². The van der Waals surface area contributed by atoms with Crippen molar-refractivity contribution in [3.63, 3.8) is 0 Å². The standard InChI is InChI=1S/C9H16O4/c1-4-6-12-8(11)9(3,5-2)13-7-10/h7H,4-6H2,1-3H3. The molecule has 0 rings (SSSR count). The van der Waals surface area contributed by atoms with Gasteiger partial charge < -0.3 is 9.47 Å². The van der Waals surface area contributed by atoms with Gasteiger partial charge in [0, 0.05) is 0 Å². The molecule has 0 aromatic carbocycles.